The Hall–Kier alpha value is -1.17. The fourth-order valence-corrected chi connectivity index (χ4v) is 2.36. The summed E-state index contributed by atoms with van der Waals surface area (Å²) in [6, 6.07) is 6.36. The summed E-state index contributed by atoms with van der Waals surface area (Å²) in [7, 11) is -3.80. The van der Waals surface area contributed by atoms with E-state index in [1.165, 1.54) is 12.3 Å². The van der Waals surface area contributed by atoms with Crippen molar-refractivity contribution in [1.29, 1.82) is 0 Å². The second kappa shape index (κ2) is 3.44. The van der Waals surface area contributed by atoms with Crippen LogP contribution in [0.3, 0.4) is 0 Å². The van der Waals surface area contributed by atoms with Crippen LogP contribution in [0.15, 0.2) is 35.4 Å². The van der Waals surface area contributed by atoms with E-state index in [0.717, 1.165) is 0 Å². The van der Waals surface area contributed by atoms with Gasteiger partial charge in [-0.05, 0) is 18.2 Å². The highest BCUT2D eigenvalue weighted by atomic mass is 35.5. The van der Waals surface area contributed by atoms with Crippen LogP contribution in [-0.4, -0.2) is 13.4 Å². The minimum absolute atomic E-state index is 0.0504. The standard InChI is InChI=1S/C9H7ClN2O2S/c10-7-4-6-2-1-3-12-9(6)8(5-7)15(11,13)14/h1-5H,(H2,11,13,14). The molecule has 0 saturated heterocycles. The van der Waals surface area contributed by atoms with Crippen molar-refractivity contribution in [1.82, 2.24) is 4.98 Å². The minimum Gasteiger partial charge on any atom is -0.255 e. The molecule has 0 amide bonds. The van der Waals surface area contributed by atoms with Gasteiger partial charge in [0.25, 0.3) is 0 Å². The SMILES string of the molecule is NS(=O)(=O)c1cc(Cl)cc2cccnc12. The van der Waals surface area contributed by atoms with Crippen molar-refractivity contribution in [3.63, 3.8) is 0 Å². The number of nitrogens with zero attached hydrogens (tertiary/aromatic N) is 1. The molecule has 2 rings (SSSR count). The number of hydrogen-bond donors (Lipinski definition) is 1. The van der Waals surface area contributed by atoms with Gasteiger partial charge < -0.3 is 0 Å². The predicted octanol–water partition coefficient (Wildman–Crippen LogP) is 1.54. The zero-order valence-corrected chi connectivity index (χ0v) is 9.09. The maximum atomic E-state index is 11.3. The summed E-state index contributed by atoms with van der Waals surface area (Å²) in [5.41, 5.74) is 0.337. The highest BCUT2D eigenvalue weighted by Gasteiger charge is 2.14. The van der Waals surface area contributed by atoms with E-state index in [2.05, 4.69) is 4.98 Å². The summed E-state index contributed by atoms with van der Waals surface area (Å²) >= 11 is 5.78. The van der Waals surface area contributed by atoms with Gasteiger partial charge in [-0.25, -0.2) is 13.6 Å². The summed E-state index contributed by atoms with van der Waals surface area (Å²) < 4.78 is 22.6. The summed E-state index contributed by atoms with van der Waals surface area (Å²) in [6.45, 7) is 0. The average Bonchev–Trinajstić information content (AvgIpc) is 2.15. The normalized spacial score (nSPS) is 11.9. The lowest BCUT2D eigenvalue weighted by atomic mass is 10.2. The van der Waals surface area contributed by atoms with Crippen molar-refractivity contribution in [3.05, 3.63) is 35.5 Å². The second-order valence-electron chi connectivity index (χ2n) is 3.02. The molecule has 0 saturated carbocycles. The number of nitrogens with two attached hydrogens (primary N) is 1. The third kappa shape index (κ3) is 1.94. The maximum Gasteiger partial charge on any atom is 0.240 e. The summed E-state index contributed by atoms with van der Waals surface area (Å²) in [4.78, 5) is 3.92. The Morgan fingerprint density at radius 1 is 1.33 bits per heavy atom. The molecule has 78 valence electrons. The van der Waals surface area contributed by atoms with E-state index in [9.17, 15) is 8.42 Å². The fraction of sp³-hybridized carbons (Fsp3) is 0. The van der Waals surface area contributed by atoms with Crippen molar-refractivity contribution in [2.75, 3.05) is 0 Å². The van der Waals surface area contributed by atoms with Crippen LogP contribution in [0.4, 0.5) is 0 Å². The lowest BCUT2D eigenvalue weighted by molar-refractivity contribution is 0.598. The molecule has 0 aliphatic rings. The molecule has 0 fully saturated rings. The van der Waals surface area contributed by atoms with Gasteiger partial charge in [0, 0.05) is 16.6 Å². The minimum atomic E-state index is -3.80. The van der Waals surface area contributed by atoms with Crippen LogP contribution in [0, 0.1) is 0 Å². The maximum absolute atomic E-state index is 11.3. The first-order valence-corrected chi connectivity index (χ1v) is 5.98. The van der Waals surface area contributed by atoms with Crippen LogP contribution in [0.5, 0.6) is 0 Å². The lowest BCUT2D eigenvalue weighted by Crippen LogP contribution is -2.13. The molecule has 1 aromatic carbocycles. The van der Waals surface area contributed by atoms with Gasteiger partial charge in [0.1, 0.15) is 4.90 Å². The van der Waals surface area contributed by atoms with E-state index < -0.39 is 10.0 Å². The van der Waals surface area contributed by atoms with Crippen molar-refractivity contribution in [3.8, 4) is 0 Å². The summed E-state index contributed by atoms with van der Waals surface area (Å²) in [6.07, 6.45) is 1.50. The second-order valence-corrected chi connectivity index (χ2v) is 4.99. The molecule has 0 unspecified atom stereocenters. The molecule has 0 radical (unpaired) electrons. The van der Waals surface area contributed by atoms with Crippen molar-refractivity contribution in [2.45, 2.75) is 4.90 Å². The molecule has 2 N–H and O–H groups in total. The Labute approximate surface area is 91.7 Å². The molecule has 0 spiro atoms. The fourth-order valence-electron chi connectivity index (χ4n) is 1.34. The molecule has 0 aliphatic heterocycles. The molecule has 4 nitrogen and oxygen atoms in total. The van der Waals surface area contributed by atoms with Crippen LogP contribution in [0.2, 0.25) is 5.02 Å². The molecular formula is C9H7ClN2O2S. The third-order valence-corrected chi connectivity index (χ3v) is 3.08. The monoisotopic (exact) mass is 242 g/mol. The number of sulfonamides is 1. The molecule has 6 heteroatoms. The van der Waals surface area contributed by atoms with Crippen LogP contribution < -0.4 is 5.14 Å². The first kappa shape index (κ1) is 10.4. The van der Waals surface area contributed by atoms with Gasteiger partial charge in [0.15, 0.2) is 0 Å². The van der Waals surface area contributed by atoms with Crippen LogP contribution in [-0.2, 0) is 10.0 Å². The van der Waals surface area contributed by atoms with Gasteiger partial charge in [-0.2, -0.15) is 0 Å². The molecule has 15 heavy (non-hydrogen) atoms. The lowest BCUT2D eigenvalue weighted by Gasteiger charge is -2.03. The molecule has 0 aliphatic carbocycles. The third-order valence-electron chi connectivity index (χ3n) is 1.94. The number of benzene rings is 1. The van der Waals surface area contributed by atoms with Crippen LogP contribution in [0.25, 0.3) is 10.9 Å². The average molecular weight is 243 g/mol. The van der Waals surface area contributed by atoms with E-state index in [0.29, 0.717) is 15.9 Å². The Bertz CT molecular complexity index is 625. The Morgan fingerprint density at radius 3 is 2.73 bits per heavy atom. The largest absolute Gasteiger partial charge is 0.255 e. The Kier molecular flexibility index (Phi) is 2.38. The van der Waals surface area contributed by atoms with E-state index in [1.807, 2.05) is 0 Å². The van der Waals surface area contributed by atoms with Crippen molar-refractivity contribution < 1.29 is 8.42 Å². The van der Waals surface area contributed by atoms with E-state index in [-0.39, 0.29) is 4.90 Å². The van der Waals surface area contributed by atoms with Gasteiger partial charge in [0.2, 0.25) is 10.0 Å². The molecule has 0 bridgehead atoms. The van der Waals surface area contributed by atoms with Gasteiger partial charge >= 0.3 is 0 Å². The molecular weight excluding hydrogens is 236 g/mol. The van der Waals surface area contributed by atoms with Gasteiger partial charge in [-0.1, -0.05) is 17.7 Å². The Balaban J connectivity index is 2.96. The smallest absolute Gasteiger partial charge is 0.240 e. The number of rotatable bonds is 1. The van der Waals surface area contributed by atoms with Gasteiger partial charge in [-0.15, -0.1) is 0 Å². The van der Waals surface area contributed by atoms with Gasteiger partial charge in [0.05, 0.1) is 5.52 Å². The summed E-state index contributed by atoms with van der Waals surface area (Å²) in [5, 5.41) is 6.03. The Morgan fingerprint density at radius 2 is 2.07 bits per heavy atom. The summed E-state index contributed by atoms with van der Waals surface area (Å²) in [5.74, 6) is 0. The highest BCUT2D eigenvalue weighted by Crippen LogP contribution is 2.24. The topological polar surface area (TPSA) is 73.1 Å². The molecule has 2 aromatic rings. The van der Waals surface area contributed by atoms with Crippen molar-refractivity contribution >= 4 is 32.5 Å². The number of pyridine rings is 1. The predicted molar refractivity (Wildman–Crippen MR) is 58.1 cm³/mol. The van der Waals surface area contributed by atoms with Gasteiger partial charge in [-0.3, -0.25) is 4.98 Å². The number of fused-ring (bicyclic) bond motifs is 1. The number of aromatic nitrogens is 1. The first-order valence-electron chi connectivity index (χ1n) is 4.05. The molecule has 0 atom stereocenters. The number of hydrogen-bond acceptors (Lipinski definition) is 3. The van der Waals surface area contributed by atoms with Crippen molar-refractivity contribution in [2.24, 2.45) is 5.14 Å². The zero-order chi connectivity index (χ0) is 11.1. The number of primary sulfonamides is 1. The molecule has 1 heterocycles. The van der Waals surface area contributed by atoms with E-state index >= 15 is 0 Å². The quantitative estimate of drug-likeness (QED) is 0.824. The van der Waals surface area contributed by atoms with Crippen LogP contribution >= 0.6 is 11.6 Å². The first-order chi connectivity index (χ1) is 6.98. The highest BCUT2D eigenvalue weighted by molar-refractivity contribution is 7.89. The van der Waals surface area contributed by atoms with E-state index in [4.69, 9.17) is 16.7 Å². The van der Waals surface area contributed by atoms with E-state index in [1.54, 1.807) is 18.2 Å². The van der Waals surface area contributed by atoms with Crippen LogP contribution in [0.1, 0.15) is 0 Å². The number of halogens is 1. The zero-order valence-electron chi connectivity index (χ0n) is 7.51. The molecule has 1 aromatic heterocycles.